The Balaban J connectivity index is 0.00000280. The fraction of sp³-hybridized carbons (Fsp3) is 0.300. The van der Waals surface area contributed by atoms with Gasteiger partial charge in [0.1, 0.15) is 11.6 Å². The predicted octanol–water partition coefficient (Wildman–Crippen LogP) is 2.92. The molecule has 28 heavy (non-hydrogen) atoms. The summed E-state index contributed by atoms with van der Waals surface area (Å²) in [6.45, 7) is 1.89. The van der Waals surface area contributed by atoms with Crippen molar-refractivity contribution in [2.75, 3.05) is 31.6 Å². The van der Waals surface area contributed by atoms with Crippen LogP contribution in [0, 0.1) is 5.82 Å². The highest BCUT2D eigenvalue weighted by molar-refractivity contribution is 14.0. The highest BCUT2D eigenvalue weighted by Crippen LogP contribution is 2.31. The van der Waals surface area contributed by atoms with Crippen LogP contribution in [0.4, 0.5) is 10.1 Å². The number of amides is 1. The lowest BCUT2D eigenvalue weighted by molar-refractivity contribution is -0.121. The number of anilines is 1. The maximum Gasteiger partial charge on any atom is 0.265 e. The molecule has 0 bridgehead atoms. The zero-order chi connectivity index (χ0) is 19.1. The minimum atomic E-state index is -0.250. The Morgan fingerprint density at radius 2 is 1.93 bits per heavy atom. The molecule has 0 aliphatic carbocycles. The molecule has 2 aromatic carbocycles. The van der Waals surface area contributed by atoms with E-state index < -0.39 is 0 Å². The third kappa shape index (κ3) is 5.82. The number of nitrogens with one attached hydrogen (secondary N) is 2. The number of ether oxygens (including phenoxy) is 1. The number of benzene rings is 2. The van der Waals surface area contributed by atoms with Crippen LogP contribution >= 0.6 is 24.0 Å². The number of fused-ring (bicyclic) bond motifs is 1. The molecule has 0 fully saturated rings. The second-order valence-electron chi connectivity index (χ2n) is 6.13. The van der Waals surface area contributed by atoms with Crippen molar-refractivity contribution in [3.63, 3.8) is 0 Å². The van der Waals surface area contributed by atoms with Gasteiger partial charge in [-0.05, 0) is 36.2 Å². The van der Waals surface area contributed by atoms with Crippen molar-refractivity contribution in [2.45, 2.75) is 13.0 Å². The highest BCUT2D eigenvalue weighted by atomic mass is 127. The predicted molar refractivity (Wildman–Crippen MR) is 119 cm³/mol. The Labute approximate surface area is 181 Å². The lowest BCUT2D eigenvalue weighted by atomic mass is 10.2. The van der Waals surface area contributed by atoms with Crippen molar-refractivity contribution in [3.8, 4) is 5.75 Å². The minimum absolute atomic E-state index is 0. The van der Waals surface area contributed by atoms with Crippen molar-refractivity contribution >= 4 is 41.5 Å². The molecular formula is C20H24FIN4O2. The molecule has 3 rings (SSSR count). The standard InChI is InChI=1S/C20H23FN4O2.HI/c1-22-20(24-13-15-7-9-16(21)10-8-15)23-11-4-12-25-17-5-2-3-6-18(17)27-14-19(25)26;/h2-3,5-10H,4,11-14H2,1H3,(H2,22,23,24);1H. The topological polar surface area (TPSA) is 66.0 Å². The molecule has 8 heteroatoms. The van der Waals surface area contributed by atoms with Gasteiger partial charge in [-0.25, -0.2) is 4.39 Å². The average Bonchev–Trinajstić information content (AvgIpc) is 2.70. The molecule has 150 valence electrons. The molecule has 0 saturated carbocycles. The number of halogens is 2. The number of aliphatic imine (C=N–C) groups is 1. The van der Waals surface area contributed by atoms with E-state index in [1.807, 2.05) is 24.3 Å². The van der Waals surface area contributed by atoms with Gasteiger partial charge in [-0.3, -0.25) is 9.79 Å². The van der Waals surface area contributed by atoms with Crippen LogP contribution in [0.2, 0.25) is 0 Å². The van der Waals surface area contributed by atoms with Crippen LogP contribution in [-0.4, -0.2) is 38.6 Å². The molecule has 1 heterocycles. The van der Waals surface area contributed by atoms with E-state index in [1.54, 1.807) is 24.1 Å². The summed E-state index contributed by atoms with van der Waals surface area (Å²) in [7, 11) is 1.70. The van der Waals surface area contributed by atoms with E-state index in [0.717, 1.165) is 23.4 Å². The number of hydrogen-bond donors (Lipinski definition) is 2. The van der Waals surface area contributed by atoms with E-state index in [0.29, 0.717) is 25.6 Å². The largest absolute Gasteiger partial charge is 0.482 e. The Morgan fingerprint density at radius 1 is 1.18 bits per heavy atom. The lowest BCUT2D eigenvalue weighted by Crippen LogP contribution is -2.41. The number of hydrogen-bond acceptors (Lipinski definition) is 3. The van der Waals surface area contributed by atoms with E-state index in [2.05, 4.69) is 15.6 Å². The van der Waals surface area contributed by atoms with Crippen molar-refractivity contribution in [3.05, 3.63) is 59.9 Å². The van der Waals surface area contributed by atoms with Gasteiger partial charge in [0.05, 0.1) is 5.69 Å². The quantitative estimate of drug-likeness (QED) is 0.278. The van der Waals surface area contributed by atoms with Crippen LogP contribution < -0.4 is 20.3 Å². The number of rotatable bonds is 6. The van der Waals surface area contributed by atoms with E-state index in [9.17, 15) is 9.18 Å². The molecule has 0 atom stereocenters. The van der Waals surface area contributed by atoms with Gasteiger partial charge >= 0.3 is 0 Å². The fourth-order valence-electron chi connectivity index (χ4n) is 2.85. The Kier molecular flexibility index (Phi) is 8.49. The second-order valence-corrected chi connectivity index (χ2v) is 6.13. The number of para-hydroxylation sites is 2. The first-order valence-corrected chi connectivity index (χ1v) is 8.88. The summed E-state index contributed by atoms with van der Waals surface area (Å²) in [4.78, 5) is 18.1. The molecule has 1 aliphatic rings. The van der Waals surface area contributed by atoms with Crippen LogP contribution in [0.15, 0.2) is 53.5 Å². The number of nitrogens with zero attached hydrogens (tertiary/aromatic N) is 2. The lowest BCUT2D eigenvalue weighted by Gasteiger charge is -2.29. The molecular weight excluding hydrogens is 474 g/mol. The first kappa shape index (κ1) is 21.9. The zero-order valence-electron chi connectivity index (χ0n) is 15.7. The summed E-state index contributed by atoms with van der Waals surface area (Å²) in [5.74, 6) is 1.11. The van der Waals surface area contributed by atoms with E-state index in [1.165, 1.54) is 12.1 Å². The molecule has 2 N–H and O–H groups in total. The summed E-state index contributed by atoms with van der Waals surface area (Å²) >= 11 is 0. The molecule has 0 radical (unpaired) electrons. The molecule has 0 saturated heterocycles. The van der Waals surface area contributed by atoms with Gasteiger partial charge in [-0.2, -0.15) is 0 Å². The first-order chi connectivity index (χ1) is 13.2. The van der Waals surface area contributed by atoms with Gasteiger partial charge in [0.15, 0.2) is 12.6 Å². The van der Waals surface area contributed by atoms with Crippen LogP contribution in [0.3, 0.4) is 0 Å². The average molecular weight is 498 g/mol. The molecule has 0 aromatic heterocycles. The van der Waals surface area contributed by atoms with Crippen LogP contribution in [0.25, 0.3) is 0 Å². The number of carbonyl (C=O) groups is 1. The third-order valence-corrected chi connectivity index (χ3v) is 4.26. The summed E-state index contributed by atoms with van der Waals surface area (Å²) in [5.41, 5.74) is 1.78. The molecule has 6 nitrogen and oxygen atoms in total. The van der Waals surface area contributed by atoms with E-state index >= 15 is 0 Å². The minimum Gasteiger partial charge on any atom is -0.482 e. The first-order valence-electron chi connectivity index (χ1n) is 8.88. The molecule has 0 unspecified atom stereocenters. The van der Waals surface area contributed by atoms with E-state index in [4.69, 9.17) is 4.74 Å². The van der Waals surface area contributed by atoms with Gasteiger partial charge in [0.2, 0.25) is 0 Å². The normalized spacial score (nSPS) is 13.3. The Bertz CT molecular complexity index is 814. The van der Waals surface area contributed by atoms with Gasteiger partial charge in [-0.1, -0.05) is 24.3 Å². The monoisotopic (exact) mass is 498 g/mol. The maximum absolute atomic E-state index is 12.9. The van der Waals surface area contributed by atoms with Gasteiger partial charge in [-0.15, -0.1) is 24.0 Å². The summed E-state index contributed by atoms with van der Waals surface area (Å²) in [5, 5.41) is 6.41. The highest BCUT2D eigenvalue weighted by Gasteiger charge is 2.24. The van der Waals surface area contributed by atoms with Crippen molar-refractivity contribution in [1.82, 2.24) is 10.6 Å². The van der Waals surface area contributed by atoms with Crippen molar-refractivity contribution in [2.24, 2.45) is 4.99 Å². The number of guanidine groups is 1. The SMILES string of the molecule is CN=C(NCCCN1C(=O)COc2ccccc21)NCc1ccc(F)cc1.I. The van der Waals surface area contributed by atoms with Crippen LogP contribution in [0.1, 0.15) is 12.0 Å². The van der Waals surface area contributed by atoms with Gasteiger partial charge in [0.25, 0.3) is 5.91 Å². The second kappa shape index (κ2) is 10.8. The van der Waals surface area contributed by atoms with Crippen molar-refractivity contribution in [1.29, 1.82) is 0 Å². The Morgan fingerprint density at radius 3 is 2.68 bits per heavy atom. The summed E-state index contributed by atoms with van der Waals surface area (Å²) in [6.07, 6.45) is 0.761. The Hall–Kier alpha value is -2.36. The smallest absolute Gasteiger partial charge is 0.265 e. The van der Waals surface area contributed by atoms with Gasteiger partial charge < -0.3 is 20.3 Å². The third-order valence-electron chi connectivity index (χ3n) is 4.26. The van der Waals surface area contributed by atoms with Crippen LogP contribution in [-0.2, 0) is 11.3 Å². The van der Waals surface area contributed by atoms with Gasteiger partial charge in [0, 0.05) is 26.7 Å². The molecule has 2 aromatic rings. The number of carbonyl (C=O) groups excluding carboxylic acids is 1. The van der Waals surface area contributed by atoms with Crippen LogP contribution in [0.5, 0.6) is 5.75 Å². The molecule has 1 aliphatic heterocycles. The zero-order valence-corrected chi connectivity index (χ0v) is 18.0. The van der Waals surface area contributed by atoms with Crippen molar-refractivity contribution < 1.29 is 13.9 Å². The summed E-state index contributed by atoms with van der Waals surface area (Å²) < 4.78 is 18.4. The fourth-order valence-corrected chi connectivity index (χ4v) is 2.85. The summed E-state index contributed by atoms with van der Waals surface area (Å²) in [6, 6.07) is 13.9. The molecule has 0 spiro atoms. The maximum atomic E-state index is 12.9. The van der Waals surface area contributed by atoms with E-state index in [-0.39, 0.29) is 42.3 Å². The molecule has 1 amide bonds.